The van der Waals surface area contributed by atoms with E-state index >= 15 is 0 Å². The first-order valence-corrected chi connectivity index (χ1v) is 5.79. The van der Waals surface area contributed by atoms with Crippen molar-refractivity contribution in [3.8, 4) is 0 Å². The van der Waals surface area contributed by atoms with E-state index in [4.69, 9.17) is 5.73 Å². The lowest BCUT2D eigenvalue weighted by Crippen LogP contribution is -2.34. The molecule has 1 aromatic rings. The Morgan fingerprint density at radius 3 is 3.00 bits per heavy atom. The number of guanidine groups is 1. The zero-order valence-electron chi connectivity index (χ0n) is 9.03. The molecule has 0 aliphatic heterocycles. The minimum absolute atomic E-state index is 0.266. The molecule has 0 saturated carbocycles. The summed E-state index contributed by atoms with van der Waals surface area (Å²) in [6.07, 6.45) is 0. The van der Waals surface area contributed by atoms with E-state index in [2.05, 4.69) is 10.3 Å². The fourth-order valence-electron chi connectivity index (χ4n) is 1.14. The highest BCUT2D eigenvalue weighted by atomic mass is 32.1. The molecule has 0 fully saturated rings. The molecule has 0 amide bonds. The number of aliphatic imine (C=N–C) groups is 1. The van der Waals surface area contributed by atoms with Crippen molar-refractivity contribution in [2.75, 3.05) is 13.1 Å². The van der Waals surface area contributed by atoms with E-state index in [1.807, 2.05) is 23.8 Å². The lowest BCUT2D eigenvalue weighted by atomic mass is 10.00. The van der Waals surface area contributed by atoms with Gasteiger partial charge >= 0.3 is 0 Å². The molecule has 1 unspecified atom stereocenters. The van der Waals surface area contributed by atoms with E-state index in [9.17, 15) is 5.11 Å². The summed E-state index contributed by atoms with van der Waals surface area (Å²) in [6, 6.07) is 1.89. The molecule has 1 atom stereocenters. The SMILES string of the molecule is CCNC(N)=NCC(C)(O)c1ccsc1. The molecule has 15 heavy (non-hydrogen) atoms. The molecule has 4 N–H and O–H groups in total. The van der Waals surface area contributed by atoms with Gasteiger partial charge in [0, 0.05) is 6.54 Å². The average Bonchev–Trinajstić information content (AvgIpc) is 2.69. The Hall–Kier alpha value is -1.07. The van der Waals surface area contributed by atoms with Gasteiger partial charge in [-0.05, 0) is 36.2 Å². The van der Waals surface area contributed by atoms with Crippen LogP contribution in [0.2, 0.25) is 0 Å². The maximum absolute atomic E-state index is 10.1. The highest BCUT2D eigenvalue weighted by Gasteiger charge is 2.22. The van der Waals surface area contributed by atoms with Gasteiger partial charge in [-0.25, -0.2) is 0 Å². The van der Waals surface area contributed by atoms with Crippen molar-refractivity contribution in [2.24, 2.45) is 10.7 Å². The van der Waals surface area contributed by atoms with E-state index in [0.717, 1.165) is 12.1 Å². The summed E-state index contributed by atoms with van der Waals surface area (Å²) < 4.78 is 0. The maximum Gasteiger partial charge on any atom is 0.188 e. The summed E-state index contributed by atoms with van der Waals surface area (Å²) in [6.45, 7) is 4.68. The number of nitrogens with zero attached hydrogens (tertiary/aromatic N) is 1. The predicted molar refractivity (Wildman–Crippen MR) is 64.1 cm³/mol. The van der Waals surface area contributed by atoms with Crippen LogP contribution in [0.3, 0.4) is 0 Å². The second-order valence-corrected chi connectivity index (χ2v) is 4.30. The smallest absolute Gasteiger partial charge is 0.188 e. The molecule has 0 aliphatic rings. The topological polar surface area (TPSA) is 70.6 Å². The molecule has 84 valence electrons. The van der Waals surface area contributed by atoms with Crippen LogP contribution in [0.5, 0.6) is 0 Å². The number of thiophene rings is 1. The van der Waals surface area contributed by atoms with Gasteiger partial charge in [-0.15, -0.1) is 0 Å². The monoisotopic (exact) mass is 227 g/mol. The Bertz CT molecular complexity index is 319. The second-order valence-electron chi connectivity index (χ2n) is 3.52. The van der Waals surface area contributed by atoms with Crippen LogP contribution >= 0.6 is 11.3 Å². The van der Waals surface area contributed by atoms with Gasteiger partial charge in [0.25, 0.3) is 0 Å². The third-order valence-electron chi connectivity index (χ3n) is 2.06. The van der Waals surface area contributed by atoms with Crippen LogP contribution in [-0.4, -0.2) is 24.2 Å². The van der Waals surface area contributed by atoms with Crippen molar-refractivity contribution in [2.45, 2.75) is 19.4 Å². The van der Waals surface area contributed by atoms with Crippen molar-refractivity contribution >= 4 is 17.3 Å². The molecule has 0 radical (unpaired) electrons. The summed E-state index contributed by atoms with van der Waals surface area (Å²) >= 11 is 1.56. The molecule has 5 heteroatoms. The van der Waals surface area contributed by atoms with Crippen LogP contribution in [0.15, 0.2) is 21.8 Å². The van der Waals surface area contributed by atoms with Gasteiger partial charge in [0.15, 0.2) is 5.96 Å². The van der Waals surface area contributed by atoms with Crippen LogP contribution in [0.1, 0.15) is 19.4 Å². The molecule has 0 aromatic carbocycles. The van der Waals surface area contributed by atoms with Crippen LogP contribution < -0.4 is 11.1 Å². The van der Waals surface area contributed by atoms with Crippen molar-refractivity contribution in [3.63, 3.8) is 0 Å². The first kappa shape index (κ1) is 12.0. The van der Waals surface area contributed by atoms with Gasteiger partial charge in [0.1, 0.15) is 5.60 Å². The lowest BCUT2D eigenvalue weighted by Gasteiger charge is -2.20. The van der Waals surface area contributed by atoms with Gasteiger partial charge in [0.05, 0.1) is 6.54 Å². The summed E-state index contributed by atoms with van der Waals surface area (Å²) in [7, 11) is 0. The van der Waals surface area contributed by atoms with Gasteiger partial charge < -0.3 is 16.2 Å². The zero-order chi connectivity index (χ0) is 11.3. The predicted octanol–water partition coefficient (Wildman–Crippen LogP) is 0.880. The highest BCUT2D eigenvalue weighted by molar-refractivity contribution is 7.08. The van der Waals surface area contributed by atoms with Crippen molar-refractivity contribution < 1.29 is 5.11 Å². The molecule has 1 rings (SSSR count). The minimum Gasteiger partial charge on any atom is -0.383 e. The van der Waals surface area contributed by atoms with E-state index in [-0.39, 0.29) is 6.54 Å². The Labute approximate surface area is 93.8 Å². The molecule has 4 nitrogen and oxygen atoms in total. The Morgan fingerprint density at radius 1 is 1.73 bits per heavy atom. The van der Waals surface area contributed by atoms with Crippen LogP contribution in [0, 0.1) is 0 Å². The number of hydrogen-bond donors (Lipinski definition) is 3. The molecule has 0 saturated heterocycles. The minimum atomic E-state index is -0.944. The van der Waals surface area contributed by atoms with Gasteiger partial charge in [-0.1, -0.05) is 0 Å². The summed E-state index contributed by atoms with van der Waals surface area (Å²) in [4.78, 5) is 4.08. The first-order valence-electron chi connectivity index (χ1n) is 4.85. The van der Waals surface area contributed by atoms with Gasteiger partial charge in [-0.3, -0.25) is 4.99 Å². The second kappa shape index (κ2) is 5.14. The Balaban J connectivity index is 2.61. The van der Waals surface area contributed by atoms with Gasteiger partial charge in [0.2, 0.25) is 0 Å². The van der Waals surface area contributed by atoms with E-state index in [1.54, 1.807) is 18.3 Å². The molecular weight excluding hydrogens is 210 g/mol. The van der Waals surface area contributed by atoms with Crippen molar-refractivity contribution in [3.05, 3.63) is 22.4 Å². The zero-order valence-corrected chi connectivity index (χ0v) is 9.84. The standard InChI is InChI=1S/C10H17N3OS/c1-3-12-9(11)13-7-10(2,14)8-4-5-15-6-8/h4-6,14H,3,7H2,1-2H3,(H3,11,12,13). The number of nitrogens with two attached hydrogens (primary N) is 1. The highest BCUT2D eigenvalue weighted by Crippen LogP contribution is 2.22. The maximum atomic E-state index is 10.1. The van der Waals surface area contributed by atoms with Gasteiger partial charge in [-0.2, -0.15) is 11.3 Å². The number of hydrogen-bond acceptors (Lipinski definition) is 3. The molecule has 0 aliphatic carbocycles. The Kier molecular flexibility index (Phi) is 4.11. The summed E-state index contributed by atoms with van der Waals surface area (Å²) in [5.41, 5.74) is 5.51. The molecular formula is C10H17N3OS. The normalized spacial score (nSPS) is 16.1. The largest absolute Gasteiger partial charge is 0.383 e. The molecule has 1 heterocycles. The van der Waals surface area contributed by atoms with Crippen LogP contribution in [0.4, 0.5) is 0 Å². The van der Waals surface area contributed by atoms with E-state index < -0.39 is 5.60 Å². The molecule has 0 bridgehead atoms. The number of aliphatic hydroxyl groups is 1. The van der Waals surface area contributed by atoms with E-state index in [0.29, 0.717) is 5.96 Å². The Morgan fingerprint density at radius 2 is 2.47 bits per heavy atom. The lowest BCUT2D eigenvalue weighted by molar-refractivity contribution is 0.0678. The third kappa shape index (κ3) is 3.53. The quantitative estimate of drug-likeness (QED) is 0.528. The fourth-order valence-corrected chi connectivity index (χ4v) is 1.92. The number of rotatable bonds is 4. The van der Waals surface area contributed by atoms with E-state index in [1.165, 1.54) is 0 Å². The molecule has 1 aromatic heterocycles. The van der Waals surface area contributed by atoms with Crippen LogP contribution in [0.25, 0.3) is 0 Å². The first-order chi connectivity index (χ1) is 7.06. The van der Waals surface area contributed by atoms with Crippen molar-refractivity contribution in [1.82, 2.24) is 5.32 Å². The van der Waals surface area contributed by atoms with Crippen LogP contribution in [-0.2, 0) is 5.60 Å². The summed E-state index contributed by atoms with van der Waals surface area (Å²) in [5.74, 6) is 0.369. The third-order valence-corrected chi connectivity index (χ3v) is 2.74. The summed E-state index contributed by atoms with van der Waals surface area (Å²) in [5, 5.41) is 16.8. The molecule has 0 spiro atoms. The number of nitrogens with one attached hydrogen (secondary N) is 1. The van der Waals surface area contributed by atoms with Crippen molar-refractivity contribution in [1.29, 1.82) is 0 Å². The fraction of sp³-hybridized carbons (Fsp3) is 0.500. The average molecular weight is 227 g/mol.